The summed E-state index contributed by atoms with van der Waals surface area (Å²) >= 11 is 0. The van der Waals surface area contributed by atoms with Crippen LogP contribution < -0.4 is 0 Å². The number of amides is 1. The summed E-state index contributed by atoms with van der Waals surface area (Å²) in [4.78, 5) is 16.7. The van der Waals surface area contributed by atoms with Crippen molar-refractivity contribution in [1.29, 1.82) is 0 Å². The summed E-state index contributed by atoms with van der Waals surface area (Å²) in [7, 11) is 0. The van der Waals surface area contributed by atoms with E-state index in [0.29, 0.717) is 5.91 Å². The third-order valence-electron chi connectivity index (χ3n) is 3.79. The maximum Gasteiger partial charge on any atom is 0.226 e. The van der Waals surface area contributed by atoms with E-state index in [2.05, 4.69) is 39.5 Å². The zero-order valence-corrected chi connectivity index (χ0v) is 12.1. The molecule has 0 aromatic heterocycles. The number of piperidine rings is 1. The van der Waals surface area contributed by atoms with Gasteiger partial charge in [-0.3, -0.25) is 9.69 Å². The molecule has 0 radical (unpaired) electrons. The fourth-order valence-electron chi connectivity index (χ4n) is 2.58. The predicted octanol–water partition coefficient (Wildman–Crippen LogP) is 2.37. The monoisotopic (exact) mass is 240 g/mol. The molecule has 0 N–H and O–H groups in total. The summed E-state index contributed by atoms with van der Waals surface area (Å²) in [6.07, 6.45) is 2.21. The predicted molar refractivity (Wildman–Crippen MR) is 72.0 cm³/mol. The second kappa shape index (κ2) is 5.85. The van der Waals surface area contributed by atoms with E-state index in [4.69, 9.17) is 0 Å². The van der Waals surface area contributed by atoms with Crippen molar-refractivity contribution in [2.24, 2.45) is 5.92 Å². The Morgan fingerprint density at radius 2 is 1.88 bits per heavy atom. The molecule has 1 unspecified atom stereocenters. The van der Waals surface area contributed by atoms with Crippen LogP contribution in [0.3, 0.4) is 0 Å². The molecule has 3 nitrogen and oxygen atoms in total. The van der Waals surface area contributed by atoms with Crippen molar-refractivity contribution >= 4 is 5.91 Å². The Morgan fingerprint density at radius 3 is 2.35 bits per heavy atom. The van der Waals surface area contributed by atoms with Crippen LogP contribution in [0.4, 0.5) is 0 Å². The molecule has 1 aliphatic rings. The van der Waals surface area contributed by atoms with Crippen LogP contribution >= 0.6 is 0 Å². The van der Waals surface area contributed by atoms with E-state index in [1.165, 1.54) is 0 Å². The third kappa shape index (κ3) is 3.70. The molecule has 0 aromatic rings. The number of hydrogen-bond acceptors (Lipinski definition) is 2. The molecule has 0 aliphatic carbocycles. The van der Waals surface area contributed by atoms with Crippen molar-refractivity contribution in [3.63, 3.8) is 0 Å². The molecule has 1 aliphatic heterocycles. The molecular weight excluding hydrogens is 212 g/mol. The van der Waals surface area contributed by atoms with Gasteiger partial charge in [-0.25, -0.2) is 0 Å². The van der Waals surface area contributed by atoms with Gasteiger partial charge in [-0.2, -0.15) is 0 Å². The first-order valence-corrected chi connectivity index (χ1v) is 6.94. The molecular formula is C14H28N2O. The number of carbonyl (C=O) groups is 1. The zero-order valence-electron chi connectivity index (χ0n) is 12.1. The first kappa shape index (κ1) is 14.5. The van der Waals surface area contributed by atoms with Gasteiger partial charge in [0.05, 0.1) is 5.92 Å². The molecule has 0 bridgehead atoms. The minimum atomic E-state index is 0.183. The first-order valence-electron chi connectivity index (χ1n) is 6.94. The molecule has 1 atom stereocenters. The third-order valence-corrected chi connectivity index (χ3v) is 3.79. The Labute approximate surface area is 106 Å². The second-order valence-corrected chi connectivity index (χ2v) is 5.97. The van der Waals surface area contributed by atoms with Crippen LogP contribution in [-0.2, 0) is 4.79 Å². The van der Waals surface area contributed by atoms with E-state index in [1.54, 1.807) is 0 Å². The highest BCUT2D eigenvalue weighted by Crippen LogP contribution is 2.24. The molecule has 0 aromatic carbocycles. The van der Waals surface area contributed by atoms with Crippen LogP contribution in [0, 0.1) is 5.92 Å². The van der Waals surface area contributed by atoms with E-state index < -0.39 is 0 Å². The minimum absolute atomic E-state index is 0.183. The van der Waals surface area contributed by atoms with E-state index in [-0.39, 0.29) is 11.5 Å². The summed E-state index contributed by atoms with van der Waals surface area (Å²) in [6.45, 7) is 14.6. The number of rotatable bonds is 3. The van der Waals surface area contributed by atoms with Crippen molar-refractivity contribution in [2.75, 3.05) is 26.2 Å². The Hall–Kier alpha value is -0.570. The Kier molecular flexibility index (Phi) is 4.99. The van der Waals surface area contributed by atoms with Crippen LogP contribution in [-0.4, -0.2) is 47.4 Å². The van der Waals surface area contributed by atoms with Gasteiger partial charge >= 0.3 is 0 Å². The van der Waals surface area contributed by atoms with Gasteiger partial charge in [0.15, 0.2) is 0 Å². The standard InChI is InChI=1S/C14H28N2O/c1-6-15(7-2)13(17)12-9-8-10-16(11-12)14(3,4)5/h12H,6-11H2,1-5H3. The highest BCUT2D eigenvalue weighted by molar-refractivity contribution is 5.79. The normalized spacial score (nSPS) is 22.5. The lowest BCUT2D eigenvalue weighted by atomic mass is 9.92. The zero-order chi connectivity index (χ0) is 13.1. The van der Waals surface area contributed by atoms with E-state index in [9.17, 15) is 4.79 Å². The van der Waals surface area contributed by atoms with E-state index in [0.717, 1.165) is 39.0 Å². The smallest absolute Gasteiger partial charge is 0.226 e. The van der Waals surface area contributed by atoms with Crippen molar-refractivity contribution in [3.8, 4) is 0 Å². The SMILES string of the molecule is CCN(CC)C(=O)C1CCCN(C(C)(C)C)C1. The first-order chi connectivity index (χ1) is 7.90. The van der Waals surface area contributed by atoms with Gasteiger partial charge in [0.1, 0.15) is 0 Å². The van der Waals surface area contributed by atoms with E-state index >= 15 is 0 Å². The molecule has 1 heterocycles. The summed E-state index contributed by atoms with van der Waals surface area (Å²) in [5, 5.41) is 0. The van der Waals surface area contributed by atoms with Crippen molar-refractivity contribution < 1.29 is 4.79 Å². The Balaban J connectivity index is 2.63. The minimum Gasteiger partial charge on any atom is -0.343 e. The largest absolute Gasteiger partial charge is 0.343 e. The fraction of sp³-hybridized carbons (Fsp3) is 0.929. The Bertz CT molecular complexity index is 253. The quantitative estimate of drug-likeness (QED) is 0.756. The van der Waals surface area contributed by atoms with Crippen molar-refractivity contribution in [1.82, 2.24) is 9.80 Å². The number of carbonyl (C=O) groups excluding carboxylic acids is 1. The van der Waals surface area contributed by atoms with Crippen molar-refractivity contribution in [2.45, 2.75) is 53.0 Å². The van der Waals surface area contributed by atoms with Gasteiger partial charge in [-0.15, -0.1) is 0 Å². The summed E-state index contributed by atoms with van der Waals surface area (Å²) < 4.78 is 0. The lowest BCUT2D eigenvalue weighted by Gasteiger charge is -2.42. The molecule has 0 spiro atoms. The molecule has 17 heavy (non-hydrogen) atoms. The van der Waals surface area contributed by atoms with E-state index in [1.807, 2.05) is 4.90 Å². The average molecular weight is 240 g/mol. The van der Waals surface area contributed by atoms with Gasteiger partial charge < -0.3 is 4.90 Å². The highest BCUT2D eigenvalue weighted by Gasteiger charge is 2.32. The van der Waals surface area contributed by atoms with Crippen LogP contribution in [0.2, 0.25) is 0 Å². The van der Waals surface area contributed by atoms with Crippen molar-refractivity contribution in [3.05, 3.63) is 0 Å². The molecule has 3 heteroatoms. The summed E-state index contributed by atoms with van der Waals surface area (Å²) in [5.74, 6) is 0.562. The molecule has 100 valence electrons. The van der Waals surface area contributed by atoms with Crippen LogP contribution in [0.25, 0.3) is 0 Å². The average Bonchev–Trinajstić information content (AvgIpc) is 2.29. The van der Waals surface area contributed by atoms with Gasteiger partial charge in [-0.05, 0) is 54.0 Å². The maximum absolute atomic E-state index is 12.3. The Morgan fingerprint density at radius 1 is 1.29 bits per heavy atom. The fourth-order valence-corrected chi connectivity index (χ4v) is 2.58. The number of hydrogen-bond donors (Lipinski definition) is 0. The number of nitrogens with zero attached hydrogens (tertiary/aromatic N) is 2. The van der Waals surface area contributed by atoms with Crippen LogP contribution in [0.1, 0.15) is 47.5 Å². The number of likely N-dealkylation sites (tertiary alicyclic amines) is 1. The lowest BCUT2D eigenvalue weighted by Crippen LogP contribution is -2.51. The highest BCUT2D eigenvalue weighted by atomic mass is 16.2. The maximum atomic E-state index is 12.3. The van der Waals surface area contributed by atoms with Gasteiger partial charge in [0.2, 0.25) is 5.91 Å². The van der Waals surface area contributed by atoms with Gasteiger partial charge in [0.25, 0.3) is 0 Å². The molecule has 1 amide bonds. The molecule has 1 saturated heterocycles. The molecule has 0 saturated carbocycles. The topological polar surface area (TPSA) is 23.6 Å². The molecule has 1 rings (SSSR count). The van der Waals surface area contributed by atoms with Crippen LogP contribution in [0.5, 0.6) is 0 Å². The second-order valence-electron chi connectivity index (χ2n) is 5.97. The molecule has 1 fully saturated rings. The van der Waals surface area contributed by atoms with Gasteiger partial charge in [0, 0.05) is 25.2 Å². The summed E-state index contributed by atoms with van der Waals surface area (Å²) in [6, 6.07) is 0. The lowest BCUT2D eigenvalue weighted by molar-refractivity contribution is -0.137. The van der Waals surface area contributed by atoms with Crippen LogP contribution in [0.15, 0.2) is 0 Å². The summed E-state index contributed by atoms with van der Waals surface area (Å²) in [5.41, 5.74) is 0.183. The van der Waals surface area contributed by atoms with Gasteiger partial charge in [-0.1, -0.05) is 0 Å².